The smallest absolute Gasteiger partial charge is 1.00 e. The van der Waals surface area contributed by atoms with E-state index < -0.39 is 0 Å². The molecule has 0 amide bonds. The van der Waals surface area contributed by atoms with Crippen molar-refractivity contribution in [2.75, 3.05) is 0 Å². The maximum atomic E-state index is 0. The van der Waals surface area contributed by atoms with Gasteiger partial charge >= 0.3 is 64.3 Å². The van der Waals surface area contributed by atoms with Gasteiger partial charge < -0.3 is 4.28 Å². The molecule has 0 bridgehead atoms. The van der Waals surface area contributed by atoms with Crippen LogP contribution in [0.3, 0.4) is 0 Å². The van der Waals surface area contributed by atoms with E-state index in [0.29, 0.717) is 0 Å². The molecule has 0 unspecified atom stereocenters. The summed E-state index contributed by atoms with van der Waals surface area (Å²) in [5.41, 5.74) is 0. The number of halogens is 1. The fourth-order valence-corrected chi connectivity index (χ4v) is 0. The van der Waals surface area contributed by atoms with Gasteiger partial charge in [-0.2, -0.15) is 0 Å². The summed E-state index contributed by atoms with van der Waals surface area (Å²) in [6.45, 7) is 0. The molecule has 0 rings (SSSR count). The first-order chi connectivity index (χ1) is 0. The molecule has 0 spiro atoms. The normalized spacial score (nSPS) is 0. The van der Waals surface area contributed by atoms with Crippen LogP contribution in [-0.4, -0.2) is 45.5 Å². The Bertz CT molecular complexity index is 14.9. The van der Waals surface area contributed by atoms with Gasteiger partial charge in [-0.05, 0) is 0 Å². The van der Waals surface area contributed by atoms with Crippen molar-refractivity contribution in [3.05, 3.63) is 0 Å². The summed E-state index contributed by atoms with van der Waals surface area (Å²) in [6.07, 6.45) is 0. The topological polar surface area (TPSA) is 0 Å². The summed E-state index contributed by atoms with van der Waals surface area (Å²) in [4.78, 5) is 0. The molecule has 0 atom stereocenters. The largest absolute Gasteiger partial charge is 2.00 e. The van der Waals surface area contributed by atoms with Gasteiger partial charge in [0.25, 0.3) is 0 Å². The van der Waals surface area contributed by atoms with Crippen LogP contribution < -0.4 is 18.9 Å². The van der Waals surface area contributed by atoms with Crippen LogP contribution in [0.25, 0.3) is 0 Å². The van der Waals surface area contributed by atoms with Gasteiger partial charge in [-0.1, -0.05) is 0 Å². The van der Waals surface area contributed by atoms with Gasteiger partial charge in [0.2, 0.25) is 0 Å². The van der Waals surface area contributed by atoms with Crippen LogP contribution in [0.5, 0.6) is 0 Å². The maximum absolute atomic E-state index is 0. The molecule has 0 nitrogen and oxygen atoms in total. The van der Waals surface area contributed by atoms with Gasteiger partial charge in [0.05, 0.1) is 0 Å². The second kappa shape index (κ2) is 16.4. The Balaban J connectivity index is 0. The zero-order valence-electron chi connectivity index (χ0n) is 5.69. The Hall–Kier alpha value is 3.20. The van der Waals surface area contributed by atoms with Gasteiger partial charge in [0.1, 0.15) is 0 Å². The molecule has 0 heterocycles. The van der Waals surface area contributed by atoms with E-state index in [1.54, 1.807) is 0 Å². The molecule has 0 aromatic rings. The van der Waals surface area contributed by atoms with Crippen molar-refractivity contribution in [1.82, 2.24) is 0 Å². The Morgan fingerprint density at radius 3 is 1.25 bits per heavy atom. The quantitative estimate of drug-likeness (QED) is 0.408. The molecule has 0 aliphatic heterocycles. The van der Waals surface area contributed by atoms with Gasteiger partial charge in [0, 0.05) is 35.6 Å². The van der Waals surface area contributed by atoms with E-state index in [9.17, 15) is 0 Å². The first-order valence-electron chi connectivity index (χ1n) is 0. The summed E-state index contributed by atoms with van der Waals surface area (Å²) in [5.74, 6) is 0. The summed E-state index contributed by atoms with van der Waals surface area (Å²) in [7, 11) is 0. The molecule has 0 aromatic carbocycles. The van der Waals surface area contributed by atoms with Crippen molar-refractivity contribution in [3.8, 4) is 0 Å². The van der Waals surface area contributed by atoms with Crippen LogP contribution >= 0.6 is 0 Å². The van der Waals surface area contributed by atoms with Crippen molar-refractivity contribution >= 4 is 45.5 Å². The van der Waals surface area contributed by atoms with E-state index in [-0.39, 0.29) is 109 Å². The Kier molecular flexibility index (Phi) is 111. The van der Waals surface area contributed by atoms with Gasteiger partial charge in [-0.3, -0.25) is 4.70 Å². The Morgan fingerprint density at radius 1 is 1.25 bits per heavy atom. The first-order valence-corrected chi connectivity index (χ1v) is 0. The van der Waals surface area contributed by atoms with Crippen molar-refractivity contribution in [3.63, 3.8) is 0 Å². The second-order valence-corrected chi connectivity index (χ2v) is 0. The van der Waals surface area contributed by atoms with E-state index in [1.165, 1.54) is 0 Å². The van der Waals surface area contributed by atoms with E-state index in [2.05, 4.69) is 0 Å². The predicted octanol–water partition coefficient (Wildman–Crippen LogP) is -2.89. The maximum Gasteiger partial charge on any atom is 2.00 e. The molecular formula is H4FLaLiSr. The average molecular weight is 256 g/mol. The molecule has 4 heavy (non-hydrogen) atoms. The molecule has 0 fully saturated rings. The molecule has 4 heteroatoms. The summed E-state index contributed by atoms with van der Waals surface area (Å²) in [5, 5.41) is 0. The number of hydrogen-bond acceptors (Lipinski definition) is 0. The third-order valence-electron chi connectivity index (χ3n) is 0. The first kappa shape index (κ1) is 27.0. The molecular weight excluding hydrogens is 252 g/mol. The molecule has 1 radical (unpaired) electrons. The van der Waals surface area contributed by atoms with E-state index in [4.69, 9.17) is 0 Å². The average Bonchev–Trinajstić information content (AvgIpc) is 0. The van der Waals surface area contributed by atoms with Gasteiger partial charge in [-0.15, -0.1) is 0 Å². The SMILES string of the molecule is F.[H-].[H-].[H-].[La].[Li+].[Sr+2]. The summed E-state index contributed by atoms with van der Waals surface area (Å²) >= 11 is 0. The van der Waals surface area contributed by atoms with Gasteiger partial charge in [-0.25, -0.2) is 0 Å². The molecule has 0 aromatic heterocycles. The van der Waals surface area contributed by atoms with Crippen LogP contribution in [0, 0.1) is 35.6 Å². The summed E-state index contributed by atoms with van der Waals surface area (Å²) < 4.78 is 0. The van der Waals surface area contributed by atoms with Crippen molar-refractivity contribution in [2.24, 2.45) is 0 Å². The minimum Gasteiger partial charge on any atom is -1.00 e. The summed E-state index contributed by atoms with van der Waals surface area (Å²) in [6, 6.07) is 0. The van der Waals surface area contributed by atoms with Crippen LogP contribution in [0.4, 0.5) is 4.70 Å². The van der Waals surface area contributed by atoms with E-state index in [1.807, 2.05) is 0 Å². The zero-order valence-corrected chi connectivity index (χ0v) is 9.79. The van der Waals surface area contributed by atoms with Crippen molar-refractivity contribution in [2.45, 2.75) is 0 Å². The number of rotatable bonds is 0. The minimum absolute atomic E-state index is 0. The third-order valence-corrected chi connectivity index (χ3v) is 0. The fourth-order valence-electron chi connectivity index (χ4n) is 0. The fraction of sp³-hybridized carbons (Fsp3) is 0. The van der Waals surface area contributed by atoms with Crippen molar-refractivity contribution in [1.29, 1.82) is 0 Å². The van der Waals surface area contributed by atoms with Crippen LogP contribution in [0.2, 0.25) is 0 Å². The molecule has 17 valence electrons. The van der Waals surface area contributed by atoms with E-state index >= 15 is 0 Å². The zero-order chi connectivity index (χ0) is 0. The van der Waals surface area contributed by atoms with Crippen LogP contribution in [0.15, 0.2) is 0 Å². The molecule has 0 N–H and O–H groups in total. The molecule has 0 aliphatic carbocycles. The molecule has 0 aliphatic rings. The Labute approximate surface area is 106 Å². The van der Waals surface area contributed by atoms with Crippen molar-refractivity contribution < 1.29 is 63.4 Å². The molecule has 0 saturated heterocycles. The predicted molar refractivity (Wildman–Crippen MR) is 11.6 cm³/mol. The van der Waals surface area contributed by atoms with Crippen LogP contribution in [-0.2, 0) is 0 Å². The van der Waals surface area contributed by atoms with Gasteiger partial charge in [0.15, 0.2) is 0 Å². The standard InChI is InChI=1S/FH.La.Li.Sr.3H/h1H;;;;;;/q;;+1;+2;3*-1. The van der Waals surface area contributed by atoms with Crippen LogP contribution in [0.1, 0.15) is 4.28 Å². The second-order valence-electron chi connectivity index (χ2n) is 0. The Morgan fingerprint density at radius 2 is 1.25 bits per heavy atom. The van der Waals surface area contributed by atoms with E-state index in [0.717, 1.165) is 0 Å². The minimum atomic E-state index is 0. The third kappa shape index (κ3) is 8.96. The monoisotopic (exact) mass is 257 g/mol. The molecule has 0 saturated carbocycles. The number of hydrogen-bond donors (Lipinski definition) is 0.